The number of epoxide rings is 1. The van der Waals surface area contributed by atoms with Crippen molar-refractivity contribution in [1.82, 2.24) is 0 Å². The summed E-state index contributed by atoms with van der Waals surface area (Å²) in [6.07, 6.45) is 0. The third-order valence-electron chi connectivity index (χ3n) is 2.22. The molecule has 1 aromatic rings. The zero-order valence-electron chi connectivity index (χ0n) is 8.03. The van der Waals surface area contributed by atoms with Crippen molar-refractivity contribution in [2.75, 3.05) is 6.61 Å². The average Bonchev–Trinajstić information content (AvgIpc) is 2.96. The number of esters is 1. The Morgan fingerprint density at radius 1 is 1.50 bits per heavy atom. The summed E-state index contributed by atoms with van der Waals surface area (Å²) >= 11 is 0. The highest BCUT2D eigenvalue weighted by Crippen LogP contribution is 2.27. The molecule has 0 bridgehead atoms. The van der Waals surface area contributed by atoms with Gasteiger partial charge in [-0.1, -0.05) is 30.3 Å². The van der Waals surface area contributed by atoms with E-state index in [4.69, 9.17) is 9.47 Å². The minimum Gasteiger partial charge on any atom is -0.459 e. The van der Waals surface area contributed by atoms with Crippen LogP contribution in [-0.2, 0) is 20.9 Å². The molecule has 1 saturated heterocycles. The monoisotopic (exact) mass is 192 g/mol. The molecule has 3 nitrogen and oxygen atoms in total. The fourth-order valence-corrected chi connectivity index (χ4v) is 1.10. The zero-order chi connectivity index (χ0) is 10.0. The molecule has 2 rings (SSSR count). The Morgan fingerprint density at radius 2 is 2.14 bits per heavy atom. The van der Waals surface area contributed by atoms with Gasteiger partial charge in [-0.05, 0) is 12.5 Å². The maximum absolute atomic E-state index is 11.4. The summed E-state index contributed by atoms with van der Waals surface area (Å²) in [4.78, 5) is 11.4. The second-order valence-electron chi connectivity index (χ2n) is 3.58. The van der Waals surface area contributed by atoms with E-state index in [9.17, 15) is 4.79 Å². The first kappa shape index (κ1) is 9.21. The number of hydrogen-bond acceptors (Lipinski definition) is 3. The minimum absolute atomic E-state index is 0.277. The third kappa shape index (κ3) is 1.93. The number of hydrogen-bond donors (Lipinski definition) is 0. The highest BCUT2D eigenvalue weighted by molar-refractivity contribution is 5.81. The molecule has 74 valence electrons. The second-order valence-corrected chi connectivity index (χ2v) is 3.58. The number of carbonyl (C=O) groups excluding carboxylic acids is 1. The van der Waals surface area contributed by atoms with Crippen LogP contribution in [0.2, 0.25) is 0 Å². The Bertz CT molecular complexity index is 328. The van der Waals surface area contributed by atoms with Gasteiger partial charge >= 0.3 is 5.97 Å². The van der Waals surface area contributed by atoms with Crippen LogP contribution in [-0.4, -0.2) is 18.2 Å². The maximum Gasteiger partial charge on any atom is 0.340 e. The SMILES string of the molecule is C[C@@]1(C(=O)OCc2ccccc2)CO1. The van der Waals surface area contributed by atoms with E-state index in [0.717, 1.165) is 5.56 Å². The first-order chi connectivity index (χ1) is 6.71. The molecule has 0 radical (unpaired) electrons. The zero-order valence-corrected chi connectivity index (χ0v) is 8.03. The number of ether oxygens (including phenoxy) is 2. The van der Waals surface area contributed by atoms with Crippen molar-refractivity contribution in [2.24, 2.45) is 0 Å². The van der Waals surface area contributed by atoms with E-state index in [1.807, 2.05) is 30.3 Å². The Balaban J connectivity index is 1.86. The molecule has 0 N–H and O–H groups in total. The van der Waals surface area contributed by atoms with Crippen molar-refractivity contribution in [3.05, 3.63) is 35.9 Å². The molecule has 1 fully saturated rings. The van der Waals surface area contributed by atoms with E-state index >= 15 is 0 Å². The van der Waals surface area contributed by atoms with Crippen LogP contribution in [0.3, 0.4) is 0 Å². The van der Waals surface area contributed by atoms with E-state index in [1.54, 1.807) is 6.92 Å². The van der Waals surface area contributed by atoms with Crippen molar-refractivity contribution < 1.29 is 14.3 Å². The molecule has 1 heterocycles. The van der Waals surface area contributed by atoms with Crippen LogP contribution in [0.15, 0.2) is 30.3 Å². The van der Waals surface area contributed by atoms with Gasteiger partial charge in [0.25, 0.3) is 0 Å². The molecule has 1 aliphatic heterocycles. The largest absolute Gasteiger partial charge is 0.459 e. The number of benzene rings is 1. The summed E-state index contributed by atoms with van der Waals surface area (Å²) in [6.45, 7) is 2.53. The molecule has 1 atom stereocenters. The van der Waals surface area contributed by atoms with Gasteiger partial charge in [-0.25, -0.2) is 4.79 Å². The minimum atomic E-state index is -0.672. The van der Waals surface area contributed by atoms with E-state index in [1.165, 1.54) is 0 Å². The molecular weight excluding hydrogens is 180 g/mol. The molecule has 0 saturated carbocycles. The summed E-state index contributed by atoms with van der Waals surface area (Å²) in [7, 11) is 0. The summed E-state index contributed by atoms with van der Waals surface area (Å²) < 4.78 is 10.1. The van der Waals surface area contributed by atoms with Gasteiger partial charge in [0.15, 0.2) is 5.60 Å². The van der Waals surface area contributed by atoms with Crippen molar-refractivity contribution >= 4 is 5.97 Å². The van der Waals surface area contributed by atoms with Gasteiger partial charge in [0.2, 0.25) is 0 Å². The molecule has 0 amide bonds. The van der Waals surface area contributed by atoms with Crippen LogP contribution in [0.4, 0.5) is 0 Å². The molecule has 3 heteroatoms. The Hall–Kier alpha value is -1.35. The van der Waals surface area contributed by atoms with Crippen molar-refractivity contribution in [3.8, 4) is 0 Å². The second kappa shape index (κ2) is 3.42. The molecule has 1 aliphatic rings. The summed E-state index contributed by atoms with van der Waals surface area (Å²) in [5.74, 6) is -0.277. The highest BCUT2D eigenvalue weighted by Gasteiger charge is 2.48. The summed E-state index contributed by atoms with van der Waals surface area (Å²) in [5.41, 5.74) is 0.319. The summed E-state index contributed by atoms with van der Waals surface area (Å²) in [5, 5.41) is 0. The van der Waals surface area contributed by atoms with Gasteiger partial charge < -0.3 is 9.47 Å². The Morgan fingerprint density at radius 3 is 2.71 bits per heavy atom. The van der Waals surface area contributed by atoms with Gasteiger partial charge in [-0.3, -0.25) is 0 Å². The quantitative estimate of drug-likeness (QED) is 0.538. The van der Waals surface area contributed by atoms with Crippen LogP contribution >= 0.6 is 0 Å². The van der Waals surface area contributed by atoms with E-state index in [2.05, 4.69) is 0 Å². The van der Waals surface area contributed by atoms with Crippen LogP contribution in [0.5, 0.6) is 0 Å². The van der Waals surface area contributed by atoms with Gasteiger partial charge in [-0.2, -0.15) is 0 Å². The van der Waals surface area contributed by atoms with Crippen molar-refractivity contribution in [3.63, 3.8) is 0 Å². The maximum atomic E-state index is 11.4. The normalized spacial score (nSPS) is 24.4. The smallest absolute Gasteiger partial charge is 0.340 e. The van der Waals surface area contributed by atoms with Gasteiger partial charge in [-0.15, -0.1) is 0 Å². The lowest BCUT2D eigenvalue weighted by Gasteiger charge is -2.06. The standard InChI is InChI=1S/C11H12O3/c1-11(8-14-11)10(12)13-7-9-5-3-2-4-6-9/h2-6H,7-8H2,1H3/t11-/m0/s1. The first-order valence-electron chi connectivity index (χ1n) is 4.56. The first-order valence-corrected chi connectivity index (χ1v) is 4.56. The topological polar surface area (TPSA) is 38.8 Å². The molecular formula is C11H12O3. The highest BCUT2D eigenvalue weighted by atomic mass is 16.6. The molecule has 14 heavy (non-hydrogen) atoms. The molecule has 0 spiro atoms. The fourth-order valence-electron chi connectivity index (χ4n) is 1.10. The van der Waals surface area contributed by atoms with E-state index in [-0.39, 0.29) is 5.97 Å². The number of carbonyl (C=O) groups is 1. The van der Waals surface area contributed by atoms with Crippen LogP contribution < -0.4 is 0 Å². The Labute approximate surface area is 82.6 Å². The lowest BCUT2D eigenvalue weighted by Crippen LogP contribution is -2.22. The van der Waals surface area contributed by atoms with Gasteiger partial charge in [0.05, 0.1) is 6.61 Å². The Kier molecular flexibility index (Phi) is 2.25. The average molecular weight is 192 g/mol. The molecule has 0 aliphatic carbocycles. The predicted molar refractivity (Wildman–Crippen MR) is 50.6 cm³/mol. The van der Waals surface area contributed by atoms with Gasteiger partial charge in [0.1, 0.15) is 6.61 Å². The fraction of sp³-hybridized carbons (Fsp3) is 0.364. The van der Waals surface area contributed by atoms with E-state index in [0.29, 0.717) is 13.2 Å². The van der Waals surface area contributed by atoms with Crippen LogP contribution in [0, 0.1) is 0 Å². The van der Waals surface area contributed by atoms with Crippen LogP contribution in [0.1, 0.15) is 12.5 Å². The molecule has 1 aromatic carbocycles. The predicted octanol–water partition coefficient (Wildman–Crippen LogP) is 1.52. The lowest BCUT2D eigenvalue weighted by atomic mass is 10.2. The van der Waals surface area contributed by atoms with Crippen molar-refractivity contribution in [2.45, 2.75) is 19.1 Å². The van der Waals surface area contributed by atoms with E-state index < -0.39 is 5.60 Å². The number of rotatable bonds is 3. The molecule has 0 unspecified atom stereocenters. The van der Waals surface area contributed by atoms with Gasteiger partial charge in [0, 0.05) is 0 Å². The van der Waals surface area contributed by atoms with Crippen LogP contribution in [0.25, 0.3) is 0 Å². The lowest BCUT2D eigenvalue weighted by molar-refractivity contribution is -0.150. The molecule has 0 aromatic heterocycles. The third-order valence-corrected chi connectivity index (χ3v) is 2.22. The summed E-state index contributed by atoms with van der Waals surface area (Å²) in [6, 6.07) is 9.60. The van der Waals surface area contributed by atoms with Crippen molar-refractivity contribution in [1.29, 1.82) is 0 Å².